The summed E-state index contributed by atoms with van der Waals surface area (Å²) >= 11 is 0. The Morgan fingerprint density at radius 3 is 1.93 bits per heavy atom. The van der Waals surface area contributed by atoms with E-state index in [4.69, 9.17) is 10.5 Å². The minimum atomic E-state index is -0.640. The fourth-order valence-corrected chi connectivity index (χ4v) is 1.12. The quantitative estimate of drug-likeness (QED) is 0.697. The van der Waals surface area contributed by atoms with Crippen molar-refractivity contribution in [2.24, 2.45) is 0 Å². The van der Waals surface area contributed by atoms with Crippen LogP contribution in [0.4, 0.5) is 0 Å². The van der Waals surface area contributed by atoms with Crippen LogP contribution >= 0.6 is 0 Å². The van der Waals surface area contributed by atoms with Crippen LogP contribution in [0, 0.1) is 36.5 Å². The average Bonchev–Trinajstić information content (AvgIpc) is 2.28. The van der Waals surface area contributed by atoms with Gasteiger partial charge in [0.1, 0.15) is 0 Å². The zero-order valence-electron chi connectivity index (χ0n) is 9.70. The van der Waals surface area contributed by atoms with Crippen molar-refractivity contribution in [1.82, 2.24) is 0 Å². The maximum absolute atomic E-state index is 8.67. The summed E-state index contributed by atoms with van der Waals surface area (Å²) in [5.74, 6) is -0.640. The molecule has 0 aliphatic rings. The third-order valence-electron chi connectivity index (χ3n) is 2.12. The summed E-state index contributed by atoms with van der Waals surface area (Å²) in [4.78, 5) is 0. The van der Waals surface area contributed by atoms with Crippen LogP contribution in [0.2, 0.25) is 0 Å². The van der Waals surface area contributed by atoms with E-state index in [0.717, 1.165) is 11.1 Å². The van der Waals surface area contributed by atoms with E-state index in [2.05, 4.69) is 0 Å². The molecule has 0 N–H and O–H groups in total. The van der Waals surface area contributed by atoms with E-state index < -0.39 is 5.92 Å². The van der Waals surface area contributed by atoms with Crippen molar-refractivity contribution in [3.63, 3.8) is 0 Å². The van der Waals surface area contributed by atoms with Gasteiger partial charge in [-0.1, -0.05) is 32.0 Å². The summed E-state index contributed by atoms with van der Waals surface area (Å²) in [6, 6.07) is 9.57. The van der Waals surface area contributed by atoms with Gasteiger partial charge in [-0.2, -0.15) is 10.5 Å². The van der Waals surface area contributed by atoms with Gasteiger partial charge in [0.05, 0.1) is 12.1 Å². The summed E-state index contributed by atoms with van der Waals surface area (Å²) in [5.41, 5.74) is 3.08. The van der Waals surface area contributed by atoms with Gasteiger partial charge in [0.15, 0.2) is 5.92 Å². The van der Waals surface area contributed by atoms with Crippen LogP contribution in [0.5, 0.6) is 0 Å². The van der Waals surface area contributed by atoms with Crippen LogP contribution in [0.1, 0.15) is 36.5 Å². The first-order valence-electron chi connectivity index (χ1n) is 5.05. The number of hydrogen-bond donors (Lipinski definition) is 0. The third kappa shape index (κ3) is 3.44. The van der Waals surface area contributed by atoms with Crippen molar-refractivity contribution >= 4 is 0 Å². The van der Waals surface area contributed by atoms with Gasteiger partial charge in [-0.15, -0.1) is 0 Å². The Bertz CT molecular complexity index is 380. The summed E-state index contributed by atoms with van der Waals surface area (Å²) in [7, 11) is 0. The first-order valence-corrected chi connectivity index (χ1v) is 5.05. The number of rotatable bonds is 1. The number of benzene rings is 1. The Kier molecular flexibility index (Phi) is 5.83. The van der Waals surface area contributed by atoms with Crippen molar-refractivity contribution in [1.29, 1.82) is 10.5 Å². The first kappa shape index (κ1) is 13.2. The Morgan fingerprint density at radius 2 is 1.53 bits per heavy atom. The molecule has 15 heavy (non-hydrogen) atoms. The highest BCUT2D eigenvalue weighted by atomic mass is 14.3. The number of nitrogens with zero attached hydrogens (tertiary/aromatic N) is 2. The number of aryl methyl sites for hydroxylation is 2. The SMILES string of the molecule is CC.Cc1ccc(C(C#N)C#N)cc1C. The lowest BCUT2D eigenvalue weighted by atomic mass is 9.98. The molecule has 0 aliphatic carbocycles. The van der Waals surface area contributed by atoms with Crippen molar-refractivity contribution < 1.29 is 0 Å². The molecule has 1 aromatic rings. The van der Waals surface area contributed by atoms with Crippen LogP contribution in [0.3, 0.4) is 0 Å². The molecule has 0 saturated heterocycles. The molecule has 1 aromatic carbocycles. The highest BCUT2D eigenvalue weighted by Crippen LogP contribution is 2.17. The highest BCUT2D eigenvalue weighted by molar-refractivity contribution is 5.37. The maximum atomic E-state index is 8.67. The second-order valence-corrected chi connectivity index (χ2v) is 3.03. The third-order valence-corrected chi connectivity index (χ3v) is 2.12. The molecule has 0 aromatic heterocycles. The van der Waals surface area contributed by atoms with Gasteiger partial charge in [0, 0.05) is 0 Å². The zero-order valence-corrected chi connectivity index (χ0v) is 9.70. The number of hydrogen-bond acceptors (Lipinski definition) is 2. The molecule has 1 rings (SSSR count). The van der Waals surface area contributed by atoms with Gasteiger partial charge in [-0.05, 0) is 30.5 Å². The Balaban J connectivity index is 0.000000921. The molecule has 0 radical (unpaired) electrons. The molecule has 78 valence electrons. The first-order chi connectivity index (χ1) is 7.19. The lowest BCUT2D eigenvalue weighted by Crippen LogP contribution is -1.93. The molecule has 0 atom stereocenters. The summed E-state index contributed by atoms with van der Waals surface area (Å²) in [6.45, 7) is 7.98. The van der Waals surface area contributed by atoms with Crippen molar-refractivity contribution in [2.45, 2.75) is 33.6 Å². The van der Waals surface area contributed by atoms with Crippen LogP contribution in [0.25, 0.3) is 0 Å². The molecule has 2 heteroatoms. The molecule has 0 saturated carbocycles. The minimum Gasteiger partial charge on any atom is -0.196 e. The van der Waals surface area contributed by atoms with E-state index in [-0.39, 0.29) is 0 Å². The maximum Gasteiger partial charge on any atom is 0.158 e. The van der Waals surface area contributed by atoms with E-state index >= 15 is 0 Å². The second-order valence-electron chi connectivity index (χ2n) is 3.03. The van der Waals surface area contributed by atoms with E-state index in [1.54, 1.807) is 0 Å². The van der Waals surface area contributed by atoms with Gasteiger partial charge >= 0.3 is 0 Å². The van der Waals surface area contributed by atoms with E-state index in [0.29, 0.717) is 0 Å². The molecule has 0 heterocycles. The molecular weight excluding hydrogens is 184 g/mol. The van der Waals surface area contributed by atoms with E-state index in [9.17, 15) is 0 Å². The lowest BCUT2D eigenvalue weighted by Gasteiger charge is -2.04. The van der Waals surface area contributed by atoms with Gasteiger partial charge < -0.3 is 0 Å². The fraction of sp³-hybridized carbons (Fsp3) is 0.385. The van der Waals surface area contributed by atoms with Crippen molar-refractivity contribution in [3.05, 3.63) is 34.9 Å². The second kappa shape index (κ2) is 6.62. The van der Waals surface area contributed by atoms with Crippen molar-refractivity contribution in [3.8, 4) is 12.1 Å². The normalized spacial score (nSPS) is 8.47. The molecule has 0 amide bonds. The Morgan fingerprint density at radius 1 is 1.00 bits per heavy atom. The Hall–Kier alpha value is -1.80. The van der Waals surface area contributed by atoms with E-state index in [1.807, 2.05) is 58.0 Å². The Labute approximate surface area is 91.8 Å². The predicted octanol–water partition coefficient (Wildman–Crippen LogP) is 3.46. The highest BCUT2D eigenvalue weighted by Gasteiger charge is 2.08. The molecule has 0 aliphatic heterocycles. The zero-order chi connectivity index (χ0) is 11.8. The van der Waals surface area contributed by atoms with Crippen molar-refractivity contribution in [2.75, 3.05) is 0 Å². The average molecular weight is 200 g/mol. The molecule has 0 fully saturated rings. The minimum absolute atomic E-state index is 0.640. The smallest absolute Gasteiger partial charge is 0.158 e. The molecule has 0 spiro atoms. The lowest BCUT2D eigenvalue weighted by molar-refractivity contribution is 1.09. The van der Waals surface area contributed by atoms with Crippen LogP contribution < -0.4 is 0 Å². The molecule has 0 bridgehead atoms. The molecular formula is C13H16N2. The van der Waals surface area contributed by atoms with E-state index in [1.165, 1.54) is 5.56 Å². The van der Waals surface area contributed by atoms with Gasteiger partial charge in [0.25, 0.3) is 0 Å². The predicted molar refractivity (Wildman–Crippen MR) is 61.2 cm³/mol. The van der Waals surface area contributed by atoms with Gasteiger partial charge in [-0.25, -0.2) is 0 Å². The van der Waals surface area contributed by atoms with Gasteiger partial charge in [-0.3, -0.25) is 0 Å². The largest absolute Gasteiger partial charge is 0.196 e. The molecule has 0 unspecified atom stereocenters. The topological polar surface area (TPSA) is 47.6 Å². The van der Waals surface area contributed by atoms with Crippen LogP contribution in [-0.2, 0) is 0 Å². The monoisotopic (exact) mass is 200 g/mol. The fourth-order valence-electron chi connectivity index (χ4n) is 1.12. The van der Waals surface area contributed by atoms with Crippen LogP contribution in [-0.4, -0.2) is 0 Å². The standard InChI is InChI=1S/C11H10N2.C2H6/c1-8-3-4-10(5-9(8)2)11(6-12)7-13;1-2/h3-5,11H,1-2H3;1-2H3. The molecule has 2 nitrogen and oxygen atoms in total. The van der Waals surface area contributed by atoms with Crippen LogP contribution in [0.15, 0.2) is 18.2 Å². The summed E-state index contributed by atoms with van der Waals surface area (Å²) in [6.07, 6.45) is 0. The summed E-state index contributed by atoms with van der Waals surface area (Å²) < 4.78 is 0. The number of nitriles is 2. The van der Waals surface area contributed by atoms with Gasteiger partial charge in [0.2, 0.25) is 0 Å². The summed E-state index contributed by atoms with van der Waals surface area (Å²) in [5, 5.41) is 17.3.